The zero-order chi connectivity index (χ0) is 21.8. The number of hydrogen-bond donors (Lipinski definition) is 3. The van der Waals surface area contributed by atoms with Gasteiger partial charge in [0.05, 0.1) is 12.7 Å². The second kappa shape index (κ2) is 9.68. The predicted molar refractivity (Wildman–Crippen MR) is 119 cm³/mol. The third kappa shape index (κ3) is 5.01. The highest BCUT2D eigenvalue weighted by molar-refractivity contribution is 6.30. The summed E-state index contributed by atoms with van der Waals surface area (Å²) in [5, 5.41) is 3.76. The van der Waals surface area contributed by atoms with Gasteiger partial charge in [0.2, 0.25) is 5.91 Å². The molecule has 2 saturated heterocycles. The van der Waals surface area contributed by atoms with Gasteiger partial charge in [-0.15, -0.1) is 0 Å². The van der Waals surface area contributed by atoms with Gasteiger partial charge in [0.1, 0.15) is 11.8 Å². The fourth-order valence-corrected chi connectivity index (χ4v) is 4.42. The van der Waals surface area contributed by atoms with Crippen LogP contribution in [0.5, 0.6) is 5.75 Å². The van der Waals surface area contributed by atoms with Gasteiger partial charge < -0.3 is 15.0 Å². The molecule has 2 heterocycles. The second-order valence-corrected chi connectivity index (χ2v) is 8.39. The van der Waals surface area contributed by atoms with Crippen molar-refractivity contribution in [2.45, 2.75) is 37.4 Å². The normalized spacial score (nSPS) is 21.7. The van der Waals surface area contributed by atoms with Crippen LogP contribution >= 0.6 is 11.6 Å². The van der Waals surface area contributed by atoms with Crippen LogP contribution in [0.3, 0.4) is 0 Å². The summed E-state index contributed by atoms with van der Waals surface area (Å²) in [5.41, 5.74) is 7.93. The van der Waals surface area contributed by atoms with E-state index in [9.17, 15) is 9.59 Å². The van der Waals surface area contributed by atoms with E-state index in [0.29, 0.717) is 35.8 Å². The molecule has 0 saturated carbocycles. The minimum atomic E-state index is -0.274. The highest BCUT2D eigenvalue weighted by Gasteiger charge is 2.34. The molecule has 8 heteroatoms. The molecule has 4 rings (SSSR count). The Labute approximate surface area is 187 Å². The van der Waals surface area contributed by atoms with Crippen LogP contribution in [0.15, 0.2) is 48.5 Å². The Morgan fingerprint density at radius 3 is 2.61 bits per heavy atom. The van der Waals surface area contributed by atoms with Gasteiger partial charge in [-0.25, -0.2) is 10.9 Å². The van der Waals surface area contributed by atoms with Crippen molar-refractivity contribution in [3.05, 3.63) is 64.7 Å². The largest absolute Gasteiger partial charge is 0.496 e. The highest BCUT2D eigenvalue weighted by atomic mass is 35.5. The van der Waals surface area contributed by atoms with Crippen LogP contribution in [0.2, 0.25) is 5.02 Å². The summed E-state index contributed by atoms with van der Waals surface area (Å²) in [6.45, 7) is 1.24. The minimum Gasteiger partial charge on any atom is -0.496 e. The lowest BCUT2D eigenvalue weighted by molar-refractivity contribution is -0.134. The Morgan fingerprint density at radius 2 is 1.87 bits per heavy atom. The molecule has 2 atom stereocenters. The third-order valence-electron chi connectivity index (χ3n) is 5.95. The van der Waals surface area contributed by atoms with Gasteiger partial charge in [0.25, 0.3) is 5.91 Å². The second-order valence-electron chi connectivity index (χ2n) is 7.96. The molecule has 0 spiro atoms. The molecule has 2 fully saturated rings. The average Bonchev–Trinajstić information content (AvgIpc) is 3.29. The van der Waals surface area contributed by atoms with E-state index in [1.165, 1.54) is 0 Å². The van der Waals surface area contributed by atoms with Gasteiger partial charge in [0.15, 0.2) is 0 Å². The first-order valence-corrected chi connectivity index (χ1v) is 10.9. The number of piperidine rings is 1. The number of likely N-dealkylation sites (tertiary alicyclic amines) is 1. The maximum atomic E-state index is 13.0. The van der Waals surface area contributed by atoms with E-state index in [1.54, 1.807) is 19.2 Å². The molecule has 2 aliphatic heterocycles. The van der Waals surface area contributed by atoms with Crippen molar-refractivity contribution in [3.8, 4) is 5.75 Å². The number of nitrogens with one attached hydrogen (secondary N) is 3. The number of halogens is 1. The topological polar surface area (TPSA) is 82.7 Å². The highest BCUT2D eigenvalue weighted by Crippen LogP contribution is 2.26. The molecule has 3 N–H and O–H groups in total. The fraction of sp³-hybridized carbons (Fsp3) is 0.391. The Hall–Kier alpha value is -2.61. The summed E-state index contributed by atoms with van der Waals surface area (Å²) in [7, 11) is 1.55. The molecule has 31 heavy (non-hydrogen) atoms. The van der Waals surface area contributed by atoms with Gasteiger partial charge in [-0.3, -0.25) is 9.59 Å². The van der Waals surface area contributed by atoms with Gasteiger partial charge in [0, 0.05) is 30.2 Å². The molecule has 164 valence electrons. The fourth-order valence-electron chi connectivity index (χ4n) is 4.22. The summed E-state index contributed by atoms with van der Waals surface area (Å²) in [6.07, 6.45) is 2.12. The minimum absolute atomic E-state index is 0.0373. The van der Waals surface area contributed by atoms with E-state index in [0.717, 1.165) is 18.4 Å². The molecule has 2 aromatic rings. The summed E-state index contributed by atoms with van der Waals surface area (Å²) in [5.74, 6) is 0.501. The van der Waals surface area contributed by atoms with E-state index in [-0.39, 0.29) is 29.9 Å². The quantitative estimate of drug-likeness (QED) is 0.663. The van der Waals surface area contributed by atoms with Crippen LogP contribution in [0.25, 0.3) is 0 Å². The molecular formula is C23H27ClN4O3. The molecule has 7 nitrogen and oxygen atoms in total. The number of hydrazine groups is 1. The van der Waals surface area contributed by atoms with Gasteiger partial charge in [-0.05, 0) is 49.1 Å². The zero-order valence-corrected chi connectivity index (χ0v) is 18.2. The van der Waals surface area contributed by atoms with E-state index in [2.05, 4.69) is 16.2 Å². The summed E-state index contributed by atoms with van der Waals surface area (Å²) in [4.78, 5) is 27.5. The first-order chi connectivity index (χ1) is 15.0. The number of benzene rings is 2. The third-order valence-corrected chi connectivity index (χ3v) is 6.18. The number of hydrogen-bond acceptors (Lipinski definition) is 5. The zero-order valence-electron chi connectivity index (χ0n) is 17.4. The maximum absolute atomic E-state index is 13.0. The van der Waals surface area contributed by atoms with Crippen LogP contribution in [-0.2, 0) is 4.79 Å². The summed E-state index contributed by atoms with van der Waals surface area (Å²) < 4.78 is 5.27. The van der Waals surface area contributed by atoms with Crippen LogP contribution in [0.4, 0.5) is 0 Å². The molecule has 0 aliphatic carbocycles. The standard InChI is InChI=1S/C23H27ClN4O3/c1-31-21-8-3-2-7-18(21)22(29)25-17-9-11-28(12-10-17)23(30)20-14-19(26-27-20)15-5-4-6-16(24)13-15/h2-8,13,17,19-20,26-27H,9-12,14H2,1H3,(H,25,29). The van der Waals surface area contributed by atoms with Crippen molar-refractivity contribution in [1.29, 1.82) is 0 Å². The van der Waals surface area contributed by atoms with Crippen molar-refractivity contribution < 1.29 is 14.3 Å². The number of carbonyl (C=O) groups excluding carboxylic acids is 2. The van der Waals surface area contributed by atoms with Crippen molar-refractivity contribution in [2.24, 2.45) is 0 Å². The first kappa shape index (κ1) is 21.6. The Balaban J connectivity index is 1.28. The number of rotatable bonds is 5. The average molecular weight is 443 g/mol. The molecule has 2 aliphatic rings. The number of methoxy groups -OCH3 is 1. The molecule has 0 aromatic heterocycles. The van der Waals surface area contributed by atoms with Crippen molar-refractivity contribution in [1.82, 2.24) is 21.1 Å². The summed E-state index contributed by atoms with van der Waals surface area (Å²) >= 11 is 6.09. The maximum Gasteiger partial charge on any atom is 0.255 e. The van der Waals surface area contributed by atoms with Crippen LogP contribution in [0, 0.1) is 0 Å². The molecule has 0 radical (unpaired) electrons. The van der Waals surface area contributed by atoms with E-state index in [1.807, 2.05) is 41.3 Å². The van der Waals surface area contributed by atoms with Crippen LogP contribution in [0.1, 0.15) is 41.2 Å². The summed E-state index contributed by atoms with van der Waals surface area (Å²) in [6, 6.07) is 14.7. The number of carbonyl (C=O) groups is 2. The monoisotopic (exact) mass is 442 g/mol. The Kier molecular flexibility index (Phi) is 6.75. The van der Waals surface area contributed by atoms with Gasteiger partial charge in [-0.2, -0.15) is 0 Å². The number of ether oxygens (including phenoxy) is 1. The molecule has 2 aromatic carbocycles. The van der Waals surface area contributed by atoms with E-state index >= 15 is 0 Å². The SMILES string of the molecule is COc1ccccc1C(=O)NC1CCN(C(=O)C2CC(c3cccc(Cl)c3)NN2)CC1. The van der Waals surface area contributed by atoms with E-state index < -0.39 is 0 Å². The lowest BCUT2D eigenvalue weighted by atomic mass is 9.99. The lowest BCUT2D eigenvalue weighted by Crippen LogP contribution is -2.51. The van der Waals surface area contributed by atoms with Crippen molar-refractivity contribution in [3.63, 3.8) is 0 Å². The van der Waals surface area contributed by atoms with Crippen LogP contribution < -0.4 is 20.9 Å². The molecular weight excluding hydrogens is 416 g/mol. The molecule has 2 unspecified atom stereocenters. The van der Waals surface area contributed by atoms with Crippen LogP contribution in [-0.4, -0.2) is 49.0 Å². The van der Waals surface area contributed by atoms with E-state index in [4.69, 9.17) is 16.3 Å². The van der Waals surface area contributed by atoms with Gasteiger partial charge in [-0.1, -0.05) is 35.9 Å². The predicted octanol–water partition coefficient (Wildman–Crippen LogP) is 2.68. The Morgan fingerprint density at radius 1 is 1.10 bits per heavy atom. The number of nitrogens with zero attached hydrogens (tertiary/aromatic N) is 1. The van der Waals surface area contributed by atoms with Crippen molar-refractivity contribution in [2.75, 3.05) is 20.2 Å². The number of para-hydroxylation sites is 1. The lowest BCUT2D eigenvalue weighted by Gasteiger charge is -2.33. The first-order valence-electron chi connectivity index (χ1n) is 10.5. The van der Waals surface area contributed by atoms with Crippen molar-refractivity contribution >= 4 is 23.4 Å². The molecule has 2 amide bonds. The smallest absolute Gasteiger partial charge is 0.255 e. The Bertz CT molecular complexity index is 946. The molecule has 0 bridgehead atoms. The van der Waals surface area contributed by atoms with Gasteiger partial charge >= 0.3 is 0 Å². The number of amides is 2.